The van der Waals surface area contributed by atoms with Crippen molar-refractivity contribution in [3.63, 3.8) is 0 Å². The minimum atomic E-state index is 0.155. The highest BCUT2D eigenvalue weighted by Crippen LogP contribution is 2.40. The topological polar surface area (TPSA) is 48.3 Å². The van der Waals surface area contributed by atoms with Crippen molar-refractivity contribution >= 4 is 0 Å². The summed E-state index contributed by atoms with van der Waals surface area (Å²) in [6.07, 6.45) is 3.48. The van der Waals surface area contributed by atoms with Crippen LogP contribution >= 0.6 is 0 Å². The minimum absolute atomic E-state index is 0.155. The SMILES string of the molecule is COc1cccc2c1CCC2NC[C@H]1CCO[C@@H]1c1c(C)nn(C)c1C. The van der Waals surface area contributed by atoms with E-state index in [1.807, 2.05) is 11.7 Å². The second-order valence-electron chi connectivity index (χ2n) is 7.58. The largest absolute Gasteiger partial charge is 0.496 e. The fraction of sp³-hybridized carbons (Fsp3) is 0.571. The summed E-state index contributed by atoms with van der Waals surface area (Å²) in [6.45, 7) is 6.04. The number of fused-ring (bicyclic) bond motifs is 1. The first-order valence-corrected chi connectivity index (χ1v) is 9.61. The molecule has 3 atom stereocenters. The number of hydrogen-bond acceptors (Lipinski definition) is 4. The van der Waals surface area contributed by atoms with Gasteiger partial charge in [-0.15, -0.1) is 0 Å². The summed E-state index contributed by atoms with van der Waals surface area (Å²) >= 11 is 0. The summed E-state index contributed by atoms with van der Waals surface area (Å²) in [7, 11) is 3.77. The van der Waals surface area contributed by atoms with Crippen molar-refractivity contribution in [1.82, 2.24) is 15.1 Å². The van der Waals surface area contributed by atoms with Crippen LogP contribution in [0.25, 0.3) is 0 Å². The molecule has 1 fully saturated rings. The third kappa shape index (κ3) is 2.93. The molecule has 2 aliphatic rings. The van der Waals surface area contributed by atoms with Gasteiger partial charge in [0.2, 0.25) is 0 Å². The van der Waals surface area contributed by atoms with E-state index < -0.39 is 0 Å². The van der Waals surface area contributed by atoms with E-state index in [4.69, 9.17) is 9.47 Å². The smallest absolute Gasteiger partial charge is 0.122 e. The van der Waals surface area contributed by atoms with Gasteiger partial charge in [0.15, 0.2) is 0 Å². The second kappa shape index (κ2) is 7.05. The standard InChI is InChI=1S/C21H29N3O2/c1-13-20(14(2)24(3)23-13)21-15(10-11-26-21)12-22-18-9-8-17-16(18)6-5-7-19(17)25-4/h5-7,15,18,21-22H,8-12H2,1-4H3/t15-,18?,21+/m1/s1. The van der Waals surface area contributed by atoms with Crippen LogP contribution in [0.1, 0.15) is 53.1 Å². The molecule has 5 heteroatoms. The molecule has 1 saturated heterocycles. The lowest BCUT2D eigenvalue weighted by Gasteiger charge is -2.22. The number of ether oxygens (including phenoxy) is 2. The molecule has 0 saturated carbocycles. The molecule has 0 spiro atoms. The Hall–Kier alpha value is -1.85. The molecule has 1 aliphatic carbocycles. The number of methoxy groups -OCH3 is 1. The quantitative estimate of drug-likeness (QED) is 0.893. The number of aryl methyl sites for hydroxylation is 2. The number of hydrogen-bond donors (Lipinski definition) is 1. The van der Waals surface area contributed by atoms with Gasteiger partial charge in [-0.1, -0.05) is 12.1 Å². The summed E-state index contributed by atoms with van der Waals surface area (Å²) in [5, 5.41) is 8.39. The van der Waals surface area contributed by atoms with Gasteiger partial charge in [0.25, 0.3) is 0 Å². The molecule has 5 nitrogen and oxygen atoms in total. The van der Waals surface area contributed by atoms with Crippen LogP contribution in [0.2, 0.25) is 0 Å². The number of benzene rings is 1. The van der Waals surface area contributed by atoms with E-state index in [1.165, 1.54) is 22.4 Å². The summed E-state index contributed by atoms with van der Waals surface area (Å²) < 4.78 is 13.6. The number of nitrogens with one attached hydrogen (secondary N) is 1. The molecule has 2 heterocycles. The summed E-state index contributed by atoms with van der Waals surface area (Å²) in [5.41, 5.74) is 6.36. The van der Waals surface area contributed by atoms with E-state index in [1.54, 1.807) is 7.11 Å². The van der Waals surface area contributed by atoms with Crippen molar-refractivity contribution in [2.24, 2.45) is 13.0 Å². The zero-order valence-electron chi connectivity index (χ0n) is 16.2. The maximum Gasteiger partial charge on any atom is 0.122 e. The summed E-state index contributed by atoms with van der Waals surface area (Å²) in [4.78, 5) is 0. The monoisotopic (exact) mass is 355 g/mol. The highest BCUT2D eigenvalue weighted by Gasteiger charge is 2.34. The first-order valence-electron chi connectivity index (χ1n) is 9.61. The van der Waals surface area contributed by atoms with Gasteiger partial charge < -0.3 is 14.8 Å². The third-order valence-electron chi connectivity index (χ3n) is 6.14. The fourth-order valence-corrected chi connectivity index (χ4v) is 4.68. The lowest BCUT2D eigenvalue weighted by Crippen LogP contribution is -2.28. The van der Waals surface area contributed by atoms with Crippen LogP contribution in [0.4, 0.5) is 0 Å². The van der Waals surface area contributed by atoms with Crippen molar-refractivity contribution in [3.8, 4) is 5.75 Å². The van der Waals surface area contributed by atoms with Crippen LogP contribution in [0, 0.1) is 19.8 Å². The van der Waals surface area contributed by atoms with Crippen LogP contribution in [-0.2, 0) is 18.2 Å². The normalized spacial score (nSPS) is 24.8. The van der Waals surface area contributed by atoms with Gasteiger partial charge in [-0.2, -0.15) is 5.10 Å². The third-order valence-corrected chi connectivity index (χ3v) is 6.14. The Balaban J connectivity index is 1.47. The van der Waals surface area contributed by atoms with Gasteiger partial charge >= 0.3 is 0 Å². The molecule has 1 aliphatic heterocycles. The molecule has 0 bridgehead atoms. The van der Waals surface area contributed by atoms with E-state index in [0.29, 0.717) is 12.0 Å². The zero-order valence-corrected chi connectivity index (χ0v) is 16.2. The molecule has 1 N–H and O–H groups in total. The van der Waals surface area contributed by atoms with Gasteiger partial charge in [-0.05, 0) is 50.3 Å². The van der Waals surface area contributed by atoms with Crippen molar-refractivity contribution in [2.45, 2.75) is 45.3 Å². The maximum atomic E-state index is 6.13. The molecule has 2 aromatic rings. The van der Waals surface area contributed by atoms with Crippen LogP contribution in [-0.4, -0.2) is 30.0 Å². The summed E-state index contributed by atoms with van der Waals surface area (Å²) in [6, 6.07) is 6.82. The number of nitrogens with zero attached hydrogens (tertiary/aromatic N) is 2. The molecule has 0 radical (unpaired) electrons. The molecule has 26 heavy (non-hydrogen) atoms. The predicted octanol–water partition coefficient (Wildman–Crippen LogP) is 3.40. The highest BCUT2D eigenvalue weighted by molar-refractivity contribution is 5.45. The van der Waals surface area contributed by atoms with Gasteiger partial charge in [-0.25, -0.2) is 0 Å². The first kappa shape index (κ1) is 17.6. The van der Waals surface area contributed by atoms with Crippen LogP contribution in [0.15, 0.2) is 18.2 Å². The van der Waals surface area contributed by atoms with E-state index in [9.17, 15) is 0 Å². The van der Waals surface area contributed by atoms with Crippen LogP contribution in [0.3, 0.4) is 0 Å². The molecule has 1 aromatic heterocycles. The highest BCUT2D eigenvalue weighted by atomic mass is 16.5. The average Bonchev–Trinajstić information content (AvgIpc) is 3.31. The summed E-state index contributed by atoms with van der Waals surface area (Å²) in [5.74, 6) is 1.52. The van der Waals surface area contributed by atoms with Gasteiger partial charge in [0, 0.05) is 43.4 Å². The Morgan fingerprint density at radius 3 is 2.88 bits per heavy atom. The molecule has 1 aromatic carbocycles. The Kier molecular flexibility index (Phi) is 4.76. The Bertz CT molecular complexity index is 799. The van der Waals surface area contributed by atoms with Crippen LogP contribution in [0.5, 0.6) is 5.75 Å². The van der Waals surface area contributed by atoms with Crippen molar-refractivity contribution in [2.75, 3.05) is 20.3 Å². The minimum Gasteiger partial charge on any atom is -0.496 e. The molecule has 4 rings (SSSR count). The van der Waals surface area contributed by atoms with E-state index in [0.717, 1.165) is 43.9 Å². The lowest BCUT2D eigenvalue weighted by molar-refractivity contribution is 0.0887. The molecule has 140 valence electrons. The number of rotatable bonds is 5. The average molecular weight is 355 g/mol. The Morgan fingerprint density at radius 2 is 2.15 bits per heavy atom. The van der Waals surface area contributed by atoms with Crippen molar-refractivity contribution in [3.05, 3.63) is 46.3 Å². The number of aromatic nitrogens is 2. The first-order chi connectivity index (χ1) is 12.6. The van der Waals surface area contributed by atoms with Gasteiger partial charge in [0.05, 0.1) is 18.9 Å². The van der Waals surface area contributed by atoms with Crippen LogP contribution < -0.4 is 10.1 Å². The van der Waals surface area contributed by atoms with Gasteiger partial charge in [0.1, 0.15) is 5.75 Å². The van der Waals surface area contributed by atoms with Crippen molar-refractivity contribution < 1.29 is 9.47 Å². The Morgan fingerprint density at radius 1 is 1.31 bits per heavy atom. The van der Waals surface area contributed by atoms with E-state index in [-0.39, 0.29) is 6.10 Å². The lowest BCUT2D eigenvalue weighted by atomic mass is 9.93. The molecule has 1 unspecified atom stereocenters. The zero-order chi connectivity index (χ0) is 18.3. The molecular weight excluding hydrogens is 326 g/mol. The van der Waals surface area contributed by atoms with Crippen molar-refractivity contribution in [1.29, 1.82) is 0 Å². The maximum absolute atomic E-state index is 6.13. The molecule has 0 amide bonds. The fourth-order valence-electron chi connectivity index (χ4n) is 4.68. The second-order valence-corrected chi connectivity index (χ2v) is 7.58. The van der Waals surface area contributed by atoms with E-state index in [2.05, 4.69) is 42.5 Å². The Labute approximate surface area is 155 Å². The predicted molar refractivity (Wildman–Crippen MR) is 102 cm³/mol. The van der Waals surface area contributed by atoms with Gasteiger partial charge in [-0.3, -0.25) is 4.68 Å². The molecular formula is C21H29N3O2. The van der Waals surface area contributed by atoms with E-state index >= 15 is 0 Å².